The Balaban J connectivity index is 1.87. The quantitative estimate of drug-likeness (QED) is 0.911. The SMILES string of the molecule is Cc1nc(C(=O)N2CC[C@@H](O)C2)nn1-c1ccc(Cl)cc1. The van der Waals surface area contributed by atoms with Crippen LogP contribution in [0, 0.1) is 6.92 Å². The highest BCUT2D eigenvalue weighted by Crippen LogP contribution is 2.16. The number of aliphatic hydroxyl groups excluding tert-OH is 1. The summed E-state index contributed by atoms with van der Waals surface area (Å²) in [6.45, 7) is 2.67. The lowest BCUT2D eigenvalue weighted by Gasteiger charge is -2.12. The maximum atomic E-state index is 12.3. The molecule has 1 fully saturated rings. The van der Waals surface area contributed by atoms with Crippen LogP contribution in [0.1, 0.15) is 22.9 Å². The number of aryl methyl sites for hydroxylation is 1. The van der Waals surface area contributed by atoms with Crippen LogP contribution >= 0.6 is 11.6 Å². The summed E-state index contributed by atoms with van der Waals surface area (Å²) in [5.74, 6) is 0.527. The highest BCUT2D eigenvalue weighted by molar-refractivity contribution is 6.30. The highest BCUT2D eigenvalue weighted by Gasteiger charge is 2.28. The smallest absolute Gasteiger partial charge is 0.293 e. The number of hydrogen-bond acceptors (Lipinski definition) is 4. The van der Waals surface area contributed by atoms with E-state index < -0.39 is 6.10 Å². The molecule has 0 unspecified atom stereocenters. The van der Waals surface area contributed by atoms with Gasteiger partial charge in [-0.3, -0.25) is 4.79 Å². The Morgan fingerprint density at radius 1 is 1.38 bits per heavy atom. The van der Waals surface area contributed by atoms with Gasteiger partial charge in [0.25, 0.3) is 5.91 Å². The molecule has 1 N–H and O–H groups in total. The molecule has 3 rings (SSSR count). The summed E-state index contributed by atoms with van der Waals surface area (Å²) in [4.78, 5) is 18.1. The first-order chi connectivity index (χ1) is 10.0. The van der Waals surface area contributed by atoms with Gasteiger partial charge in [0.05, 0.1) is 11.8 Å². The van der Waals surface area contributed by atoms with Crippen LogP contribution in [0.15, 0.2) is 24.3 Å². The number of carbonyl (C=O) groups excluding carboxylic acids is 1. The van der Waals surface area contributed by atoms with Crippen molar-refractivity contribution in [2.24, 2.45) is 0 Å². The Labute approximate surface area is 127 Å². The van der Waals surface area contributed by atoms with Crippen LogP contribution in [0.5, 0.6) is 0 Å². The van der Waals surface area contributed by atoms with Gasteiger partial charge in [-0.15, -0.1) is 5.10 Å². The molecule has 0 bridgehead atoms. The third kappa shape index (κ3) is 2.77. The molecule has 1 aliphatic rings. The second-order valence-electron chi connectivity index (χ2n) is 5.06. The van der Waals surface area contributed by atoms with Gasteiger partial charge in [0, 0.05) is 18.1 Å². The maximum absolute atomic E-state index is 12.3. The number of β-amino-alcohol motifs (C(OH)–C–C–N with tert-alkyl or cyclic N) is 1. The standard InChI is InChI=1S/C14H15ClN4O2/c1-9-16-13(14(21)18-7-6-12(20)8-18)17-19(9)11-4-2-10(15)3-5-11/h2-5,12,20H,6-8H2,1H3/t12-/m1/s1. The molecule has 0 radical (unpaired) electrons. The maximum Gasteiger partial charge on any atom is 0.293 e. The number of aliphatic hydroxyl groups is 1. The third-order valence-corrected chi connectivity index (χ3v) is 3.73. The molecule has 0 spiro atoms. The average Bonchev–Trinajstić information content (AvgIpc) is 3.05. The predicted octanol–water partition coefficient (Wildman–Crippen LogP) is 1.44. The van der Waals surface area contributed by atoms with Crippen LogP contribution in [-0.4, -0.2) is 49.9 Å². The number of benzene rings is 1. The number of nitrogens with zero attached hydrogens (tertiary/aromatic N) is 4. The fourth-order valence-electron chi connectivity index (χ4n) is 2.38. The zero-order chi connectivity index (χ0) is 15.0. The molecule has 7 heteroatoms. The van der Waals surface area contributed by atoms with Crippen molar-refractivity contribution in [3.8, 4) is 5.69 Å². The average molecular weight is 307 g/mol. The lowest BCUT2D eigenvalue weighted by atomic mass is 10.3. The minimum atomic E-state index is -0.451. The number of halogens is 1. The summed E-state index contributed by atoms with van der Waals surface area (Å²) >= 11 is 5.86. The first-order valence-corrected chi connectivity index (χ1v) is 7.09. The molecule has 0 saturated carbocycles. The number of amides is 1. The lowest BCUT2D eigenvalue weighted by molar-refractivity contribution is 0.0753. The van der Waals surface area contributed by atoms with E-state index in [1.807, 2.05) is 12.1 Å². The Morgan fingerprint density at radius 2 is 2.10 bits per heavy atom. The number of aromatic nitrogens is 3. The summed E-state index contributed by atoms with van der Waals surface area (Å²) in [7, 11) is 0. The Kier molecular flexibility index (Phi) is 3.65. The van der Waals surface area contributed by atoms with Crippen molar-refractivity contribution < 1.29 is 9.90 Å². The van der Waals surface area contributed by atoms with Gasteiger partial charge >= 0.3 is 0 Å². The topological polar surface area (TPSA) is 71.2 Å². The third-order valence-electron chi connectivity index (χ3n) is 3.48. The molecule has 6 nitrogen and oxygen atoms in total. The van der Waals surface area contributed by atoms with Crippen molar-refractivity contribution in [3.05, 3.63) is 40.9 Å². The normalized spacial score (nSPS) is 18.2. The van der Waals surface area contributed by atoms with Crippen molar-refractivity contribution in [2.75, 3.05) is 13.1 Å². The van der Waals surface area contributed by atoms with Crippen molar-refractivity contribution in [1.29, 1.82) is 0 Å². The van der Waals surface area contributed by atoms with Crippen LogP contribution in [0.4, 0.5) is 0 Å². The van der Waals surface area contributed by atoms with Crippen molar-refractivity contribution in [1.82, 2.24) is 19.7 Å². The van der Waals surface area contributed by atoms with Gasteiger partial charge in [-0.05, 0) is 37.6 Å². The van der Waals surface area contributed by atoms with Crippen LogP contribution in [-0.2, 0) is 0 Å². The van der Waals surface area contributed by atoms with Crippen LogP contribution in [0.3, 0.4) is 0 Å². The minimum Gasteiger partial charge on any atom is -0.391 e. The Bertz CT molecular complexity index is 668. The summed E-state index contributed by atoms with van der Waals surface area (Å²) in [6.07, 6.45) is 0.149. The second-order valence-corrected chi connectivity index (χ2v) is 5.50. The Morgan fingerprint density at radius 3 is 2.71 bits per heavy atom. The van der Waals surface area contributed by atoms with Gasteiger partial charge in [-0.25, -0.2) is 9.67 Å². The molecular weight excluding hydrogens is 292 g/mol. The predicted molar refractivity (Wildman–Crippen MR) is 77.6 cm³/mol. The number of likely N-dealkylation sites (tertiary alicyclic amines) is 1. The molecule has 2 heterocycles. The van der Waals surface area contributed by atoms with Gasteiger partial charge in [-0.2, -0.15) is 0 Å². The van der Waals surface area contributed by atoms with Crippen molar-refractivity contribution in [2.45, 2.75) is 19.4 Å². The zero-order valence-electron chi connectivity index (χ0n) is 11.5. The largest absolute Gasteiger partial charge is 0.391 e. The molecular formula is C14H15ClN4O2. The van der Waals surface area contributed by atoms with Gasteiger partial charge < -0.3 is 10.0 Å². The molecule has 110 valence electrons. The summed E-state index contributed by atoms with van der Waals surface area (Å²) in [5.41, 5.74) is 0.796. The van der Waals surface area contributed by atoms with E-state index in [9.17, 15) is 9.90 Å². The minimum absolute atomic E-state index is 0.150. The van der Waals surface area contributed by atoms with E-state index >= 15 is 0 Å². The van der Waals surface area contributed by atoms with E-state index in [2.05, 4.69) is 10.1 Å². The van der Waals surface area contributed by atoms with Gasteiger partial charge in [0.1, 0.15) is 5.82 Å². The molecule has 1 aliphatic heterocycles. The number of hydrogen-bond donors (Lipinski definition) is 1. The fraction of sp³-hybridized carbons (Fsp3) is 0.357. The number of rotatable bonds is 2. The molecule has 1 aromatic heterocycles. The van der Waals surface area contributed by atoms with Gasteiger partial charge in [-0.1, -0.05) is 11.6 Å². The first-order valence-electron chi connectivity index (χ1n) is 6.71. The second kappa shape index (κ2) is 5.46. The van der Waals surface area contributed by atoms with E-state index in [1.165, 1.54) is 0 Å². The summed E-state index contributed by atoms with van der Waals surface area (Å²) in [6, 6.07) is 7.16. The van der Waals surface area contributed by atoms with E-state index in [4.69, 9.17) is 11.6 Å². The van der Waals surface area contributed by atoms with E-state index in [1.54, 1.807) is 28.6 Å². The van der Waals surface area contributed by atoms with Crippen molar-refractivity contribution >= 4 is 17.5 Å². The Hall–Kier alpha value is -1.92. The molecule has 0 aliphatic carbocycles. The zero-order valence-corrected chi connectivity index (χ0v) is 12.3. The van der Waals surface area contributed by atoms with Crippen LogP contribution in [0.25, 0.3) is 5.69 Å². The highest BCUT2D eigenvalue weighted by atomic mass is 35.5. The van der Waals surface area contributed by atoms with Gasteiger partial charge in [0.2, 0.25) is 5.82 Å². The van der Waals surface area contributed by atoms with Gasteiger partial charge in [0.15, 0.2) is 0 Å². The molecule has 1 atom stereocenters. The first kappa shape index (κ1) is 14.0. The van der Waals surface area contributed by atoms with Crippen molar-refractivity contribution in [3.63, 3.8) is 0 Å². The lowest BCUT2D eigenvalue weighted by Crippen LogP contribution is -2.30. The monoisotopic (exact) mass is 306 g/mol. The van der Waals surface area contributed by atoms with E-state index in [-0.39, 0.29) is 11.7 Å². The van der Waals surface area contributed by atoms with E-state index in [0.29, 0.717) is 30.4 Å². The van der Waals surface area contributed by atoms with Crippen LogP contribution < -0.4 is 0 Å². The number of carbonyl (C=O) groups is 1. The summed E-state index contributed by atoms with van der Waals surface area (Å²) < 4.78 is 1.61. The van der Waals surface area contributed by atoms with Crippen LogP contribution in [0.2, 0.25) is 5.02 Å². The molecule has 1 aromatic carbocycles. The molecule has 2 aromatic rings. The van der Waals surface area contributed by atoms with E-state index in [0.717, 1.165) is 5.69 Å². The molecule has 1 saturated heterocycles. The fourth-order valence-corrected chi connectivity index (χ4v) is 2.50. The molecule has 1 amide bonds. The summed E-state index contributed by atoms with van der Waals surface area (Å²) in [5, 5.41) is 14.4. The molecule has 21 heavy (non-hydrogen) atoms.